The van der Waals surface area contributed by atoms with Gasteiger partial charge in [-0.05, 0) is 120 Å². The molecule has 0 spiro atoms. The van der Waals surface area contributed by atoms with E-state index in [1.165, 1.54) is 100 Å². The zero-order valence-electron chi connectivity index (χ0n) is 27.1. The molecule has 0 aliphatic heterocycles. The predicted octanol–water partition coefficient (Wildman–Crippen LogP) is 14.5. The molecular formula is C46H32S2. The van der Waals surface area contributed by atoms with E-state index < -0.39 is 0 Å². The van der Waals surface area contributed by atoms with E-state index in [2.05, 4.69) is 160 Å². The molecule has 228 valence electrons. The number of fused-ring (bicyclic) bond motifs is 12. The third-order valence-electron chi connectivity index (χ3n) is 10.2. The minimum atomic E-state index is 0.0719. The summed E-state index contributed by atoms with van der Waals surface area (Å²) in [5.41, 5.74) is 6.46. The van der Waals surface area contributed by atoms with Crippen LogP contribution < -0.4 is 0 Å². The van der Waals surface area contributed by atoms with Crippen molar-refractivity contribution in [2.24, 2.45) is 0 Å². The van der Waals surface area contributed by atoms with Crippen LogP contribution >= 0.6 is 22.7 Å². The second-order valence-corrected chi connectivity index (χ2v) is 16.3. The van der Waals surface area contributed by atoms with Crippen LogP contribution in [0.3, 0.4) is 0 Å². The maximum absolute atomic E-state index is 2.44. The first-order valence-corrected chi connectivity index (χ1v) is 18.3. The molecule has 0 saturated heterocycles. The smallest absolute Gasteiger partial charge is 0.0355 e. The average molecular weight is 649 g/mol. The van der Waals surface area contributed by atoms with Gasteiger partial charge >= 0.3 is 0 Å². The standard InChI is InChI=1S/C46H32S2/c1-46(2,3)31-16-19-33-32-17-12-27(29-14-20-44-40(24-29)35-8-4-6-10-42(35)47-44)22-37(32)38-23-28(13-18-34(38)39(33)26-31)30-15-21-45-41(25-30)36-9-5-7-11-43(36)48-45/h4-26H,1-3H3. The van der Waals surface area contributed by atoms with Gasteiger partial charge in [0.05, 0.1) is 0 Å². The van der Waals surface area contributed by atoms with Crippen molar-refractivity contribution in [1.29, 1.82) is 0 Å². The summed E-state index contributed by atoms with van der Waals surface area (Å²) in [6, 6.07) is 52.9. The van der Waals surface area contributed by atoms with Gasteiger partial charge in [0.15, 0.2) is 0 Å². The minimum absolute atomic E-state index is 0.0719. The maximum atomic E-state index is 2.44. The van der Waals surface area contributed by atoms with Gasteiger partial charge in [-0.2, -0.15) is 0 Å². The van der Waals surface area contributed by atoms with Gasteiger partial charge in [0.25, 0.3) is 0 Å². The van der Waals surface area contributed by atoms with Crippen LogP contribution in [-0.2, 0) is 5.41 Å². The number of thiophene rings is 2. The zero-order chi connectivity index (χ0) is 32.1. The Morgan fingerprint density at radius 1 is 0.312 bits per heavy atom. The van der Waals surface area contributed by atoms with Crippen LogP contribution in [0.4, 0.5) is 0 Å². The molecule has 2 heterocycles. The second kappa shape index (κ2) is 10.2. The van der Waals surface area contributed by atoms with Crippen molar-refractivity contribution in [2.45, 2.75) is 26.2 Å². The Balaban J connectivity index is 1.24. The van der Waals surface area contributed by atoms with E-state index in [9.17, 15) is 0 Å². The Bertz CT molecular complexity index is 2930. The SMILES string of the molecule is CC(C)(C)c1ccc2c3ccc(-c4ccc5sc6ccccc6c5c4)cc3c3cc(-c4ccc5sc6ccccc6c5c4)ccc3c2c1. The zero-order valence-corrected chi connectivity index (χ0v) is 28.7. The highest BCUT2D eigenvalue weighted by atomic mass is 32.1. The van der Waals surface area contributed by atoms with E-state index in [4.69, 9.17) is 0 Å². The molecule has 10 aromatic rings. The van der Waals surface area contributed by atoms with Gasteiger partial charge in [0.2, 0.25) is 0 Å². The molecule has 0 aliphatic carbocycles. The first-order chi connectivity index (χ1) is 23.4. The molecule has 48 heavy (non-hydrogen) atoms. The summed E-state index contributed by atoms with van der Waals surface area (Å²) in [6.45, 7) is 6.92. The summed E-state index contributed by atoms with van der Waals surface area (Å²) in [6.07, 6.45) is 0. The Labute approximate surface area is 287 Å². The van der Waals surface area contributed by atoms with Crippen LogP contribution in [0.25, 0.3) is 94.9 Å². The van der Waals surface area contributed by atoms with Crippen LogP contribution in [0, 0.1) is 0 Å². The first-order valence-electron chi connectivity index (χ1n) is 16.7. The van der Waals surface area contributed by atoms with E-state index in [-0.39, 0.29) is 5.41 Å². The number of hydrogen-bond donors (Lipinski definition) is 0. The lowest BCUT2D eigenvalue weighted by Crippen LogP contribution is -2.10. The molecule has 0 atom stereocenters. The Kier molecular flexibility index (Phi) is 5.98. The van der Waals surface area contributed by atoms with Gasteiger partial charge in [0.1, 0.15) is 0 Å². The maximum Gasteiger partial charge on any atom is 0.0355 e. The molecular weight excluding hydrogens is 617 g/mol. The molecule has 0 amide bonds. The molecule has 0 nitrogen and oxygen atoms in total. The predicted molar refractivity (Wildman–Crippen MR) is 214 cm³/mol. The third-order valence-corrected chi connectivity index (χ3v) is 12.5. The highest BCUT2D eigenvalue weighted by molar-refractivity contribution is 7.26. The van der Waals surface area contributed by atoms with Crippen molar-refractivity contribution in [3.05, 3.63) is 145 Å². The molecule has 0 bridgehead atoms. The van der Waals surface area contributed by atoms with Crippen molar-refractivity contribution in [2.75, 3.05) is 0 Å². The summed E-state index contributed by atoms with van der Waals surface area (Å²) in [7, 11) is 0. The molecule has 10 rings (SSSR count). The molecule has 2 aromatic heterocycles. The molecule has 0 aliphatic rings. The molecule has 0 saturated carbocycles. The summed E-state index contributed by atoms with van der Waals surface area (Å²) < 4.78 is 5.37. The van der Waals surface area contributed by atoms with E-state index >= 15 is 0 Å². The number of hydrogen-bond acceptors (Lipinski definition) is 2. The lowest BCUT2D eigenvalue weighted by molar-refractivity contribution is 0.591. The van der Waals surface area contributed by atoms with Gasteiger partial charge < -0.3 is 0 Å². The molecule has 0 N–H and O–H groups in total. The molecule has 0 radical (unpaired) electrons. The van der Waals surface area contributed by atoms with Crippen LogP contribution in [0.15, 0.2) is 140 Å². The minimum Gasteiger partial charge on any atom is -0.135 e. The van der Waals surface area contributed by atoms with Gasteiger partial charge in [0, 0.05) is 40.3 Å². The number of rotatable bonds is 2. The highest BCUT2D eigenvalue weighted by Gasteiger charge is 2.18. The topological polar surface area (TPSA) is 0 Å². The number of benzene rings is 8. The Hall–Kier alpha value is -5.02. The molecule has 8 aromatic carbocycles. The molecule has 0 fully saturated rings. The van der Waals surface area contributed by atoms with Crippen LogP contribution in [0.5, 0.6) is 0 Å². The van der Waals surface area contributed by atoms with Crippen LogP contribution in [0.2, 0.25) is 0 Å². The average Bonchev–Trinajstić information content (AvgIpc) is 3.68. The lowest BCUT2D eigenvalue weighted by atomic mass is 9.83. The summed E-state index contributed by atoms with van der Waals surface area (Å²) in [5.74, 6) is 0. The molecule has 0 unspecified atom stereocenters. The van der Waals surface area contributed by atoms with Crippen molar-refractivity contribution >= 4 is 95.3 Å². The Morgan fingerprint density at radius 3 is 1.19 bits per heavy atom. The van der Waals surface area contributed by atoms with Crippen LogP contribution in [0.1, 0.15) is 26.3 Å². The van der Waals surface area contributed by atoms with Crippen LogP contribution in [-0.4, -0.2) is 0 Å². The van der Waals surface area contributed by atoms with E-state index in [0.29, 0.717) is 0 Å². The fourth-order valence-corrected chi connectivity index (χ4v) is 9.82. The normalized spacial score (nSPS) is 12.5. The van der Waals surface area contributed by atoms with E-state index in [0.717, 1.165) is 0 Å². The monoisotopic (exact) mass is 648 g/mol. The first kappa shape index (κ1) is 28.0. The summed E-state index contributed by atoms with van der Waals surface area (Å²) in [4.78, 5) is 0. The van der Waals surface area contributed by atoms with Gasteiger partial charge in [-0.25, -0.2) is 0 Å². The second-order valence-electron chi connectivity index (χ2n) is 14.1. The summed E-state index contributed by atoms with van der Waals surface area (Å²) >= 11 is 3.75. The highest BCUT2D eigenvalue weighted by Crippen LogP contribution is 2.43. The van der Waals surface area contributed by atoms with E-state index in [1.807, 2.05) is 22.7 Å². The molecule has 2 heteroatoms. The van der Waals surface area contributed by atoms with Gasteiger partial charge in [-0.3, -0.25) is 0 Å². The van der Waals surface area contributed by atoms with Crippen molar-refractivity contribution in [1.82, 2.24) is 0 Å². The van der Waals surface area contributed by atoms with Gasteiger partial charge in [-0.15, -0.1) is 22.7 Å². The quantitative estimate of drug-likeness (QED) is 0.164. The summed E-state index contributed by atoms with van der Waals surface area (Å²) in [5, 5.41) is 13.2. The van der Waals surface area contributed by atoms with Crippen molar-refractivity contribution in [3.63, 3.8) is 0 Å². The van der Waals surface area contributed by atoms with Crippen molar-refractivity contribution < 1.29 is 0 Å². The largest absolute Gasteiger partial charge is 0.135 e. The fraction of sp³-hybridized carbons (Fsp3) is 0.0870. The third kappa shape index (κ3) is 4.26. The fourth-order valence-electron chi connectivity index (χ4n) is 7.64. The van der Waals surface area contributed by atoms with Crippen molar-refractivity contribution in [3.8, 4) is 22.3 Å². The Morgan fingerprint density at radius 2 is 0.688 bits per heavy atom. The van der Waals surface area contributed by atoms with E-state index in [1.54, 1.807) is 0 Å². The van der Waals surface area contributed by atoms with Gasteiger partial charge in [-0.1, -0.05) is 106 Å². The lowest BCUT2D eigenvalue weighted by Gasteiger charge is -2.21.